The number of ether oxygens (including phenoxy) is 2. The van der Waals surface area contributed by atoms with Gasteiger partial charge in [0.1, 0.15) is 5.82 Å². The highest BCUT2D eigenvalue weighted by Gasteiger charge is 2.25. The van der Waals surface area contributed by atoms with E-state index in [2.05, 4.69) is 20.6 Å². The van der Waals surface area contributed by atoms with Gasteiger partial charge in [-0.05, 0) is 36.6 Å². The zero-order valence-corrected chi connectivity index (χ0v) is 19.4. The van der Waals surface area contributed by atoms with E-state index in [1.165, 1.54) is 12.1 Å². The number of fused-ring (bicyclic) bond motifs is 1. The summed E-state index contributed by atoms with van der Waals surface area (Å²) < 4.78 is 24.3. The van der Waals surface area contributed by atoms with Crippen LogP contribution in [-0.4, -0.2) is 72.1 Å². The van der Waals surface area contributed by atoms with Crippen molar-refractivity contribution in [1.29, 1.82) is 0 Å². The largest absolute Gasteiger partial charge is 0.394 e. The number of aromatic nitrogens is 2. The maximum absolute atomic E-state index is 13.6. The van der Waals surface area contributed by atoms with E-state index in [1.807, 2.05) is 6.92 Å². The molecule has 2 aromatic rings. The Morgan fingerprint density at radius 2 is 2.21 bits per heavy atom. The number of halogens is 2. The summed E-state index contributed by atoms with van der Waals surface area (Å²) >= 11 is 5.95. The number of amides is 2. The molecule has 2 heterocycles. The van der Waals surface area contributed by atoms with E-state index >= 15 is 0 Å². The second kappa shape index (κ2) is 12.1. The number of nitrogens with zero attached hydrogens (tertiary/aromatic N) is 3. The molecule has 0 radical (unpaired) electrons. The maximum atomic E-state index is 13.6. The predicted octanol–water partition coefficient (Wildman–Crippen LogP) is 2.53. The van der Waals surface area contributed by atoms with Crippen molar-refractivity contribution in [3.05, 3.63) is 52.1 Å². The fourth-order valence-electron chi connectivity index (χ4n) is 3.35. The summed E-state index contributed by atoms with van der Waals surface area (Å²) in [7, 11) is 1.57. The Morgan fingerprint density at radius 1 is 1.39 bits per heavy atom. The Hall–Kier alpha value is -2.53. The molecule has 0 saturated heterocycles. The maximum Gasteiger partial charge on any atom is 0.318 e. The van der Waals surface area contributed by atoms with Crippen LogP contribution in [0.25, 0.3) is 0 Å². The van der Waals surface area contributed by atoms with Crippen LogP contribution in [0.1, 0.15) is 29.8 Å². The summed E-state index contributed by atoms with van der Waals surface area (Å²) in [6.07, 6.45) is 2.37. The SMILES string of the molecule is COCCOC[C@@H](NC(=O)N1CCc2cnc(N[C@@H](C)CO)nc2C1)c1ccc(F)c(Cl)c1. The Balaban J connectivity index is 1.70. The highest BCUT2D eigenvalue weighted by molar-refractivity contribution is 6.30. The second-order valence-electron chi connectivity index (χ2n) is 7.81. The molecule has 180 valence electrons. The summed E-state index contributed by atoms with van der Waals surface area (Å²) in [5.74, 6) is -0.124. The van der Waals surface area contributed by atoms with E-state index in [1.54, 1.807) is 24.3 Å². The number of aliphatic hydroxyl groups is 1. The van der Waals surface area contributed by atoms with Crippen molar-refractivity contribution in [3.8, 4) is 0 Å². The second-order valence-corrected chi connectivity index (χ2v) is 8.22. The quantitative estimate of drug-likeness (QED) is 0.447. The fourth-order valence-corrected chi connectivity index (χ4v) is 3.54. The van der Waals surface area contributed by atoms with Gasteiger partial charge in [0.25, 0.3) is 0 Å². The van der Waals surface area contributed by atoms with Crippen LogP contribution in [0, 0.1) is 5.82 Å². The van der Waals surface area contributed by atoms with Crippen molar-refractivity contribution in [2.45, 2.75) is 32.0 Å². The van der Waals surface area contributed by atoms with Gasteiger partial charge in [-0.1, -0.05) is 17.7 Å². The van der Waals surface area contributed by atoms with Crippen LogP contribution in [0.3, 0.4) is 0 Å². The molecule has 0 saturated carbocycles. The van der Waals surface area contributed by atoms with Crippen LogP contribution in [0.2, 0.25) is 5.02 Å². The molecule has 1 aromatic carbocycles. The van der Waals surface area contributed by atoms with Gasteiger partial charge in [-0.15, -0.1) is 0 Å². The van der Waals surface area contributed by atoms with E-state index in [9.17, 15) is 14.3 Å². The Labute approximate surface area is 197 Å². The van der Waals surface area contributed by atoms with E-state index in [-0.39, 0.29) is 30.3 Å². The lowest BCUT2D eigenvalue weighted by Gasteiger charge is -2.30. The molecule has 3 rings (SSSR count). The molecule has 1 aliphatic heterocycles. The average Bonchev–Trinajstić information content (AvgIpc) is 2.82. The van der Waals surface area contributed by atoms with Gasteiger partial charge in [0, 0.05) is 25.9 Å². The van der Waals surface area contributed by atoms with Gasteiger partial charge in [-0.2, -0.15) is 0 Å². The lowest BCUT2D eigenvalue weighted by Crippen LogP contribution is -2.45. The summed E-state index contributed by atoms with van der Waals surface area (Å²) in [5, 5.41) is 15.2. The first-order valence-corrected chi connectivity index (χ1v) is 11.1. The normalized spacial score (nSPS) is 15.0. The number of urea groups is 1. The molecule has 2 atom stereocenters. The molecular formula is C22H29ClFN5O4. The number of rotatable bonds is 10. The van der Waals surface area contributed by atoms with Crippen LogP contribution in [0.5, 0.6) is 0 Å². The number of carbonyl (C=O) groups excluding carboxylic acids is 1. The molecule has 33 heavy (non-hydrogen) atoms. The Morgan fingerprint density at radius 3 is 2.94 bits per heavy atom. The molecule has 1 aliphatic rings. The van der Waals surface area contributed by atoms with Crippen LogP contribution in [0.4, 0.5) is 15.1 Å². The highest BCUT2D eigenvalue weighted by atomic mass is 35.5. The number of hydrogen-bond acceptors (Lipinski definition) is 7. The van der Waals surface area contributed by atoms with E-state index in [0.29, 0.717) is 44.2 Å². The van der Waals surface area contributed by atoms with Gasteiger partial charge in [-0.3, -0.25) is 0 Å². The van der Waals surface area contributed by atoms with Gasteiger partial charge >= 0.3 is 6.03 Å². The van der Waals surface area contributed by atoms with Crippen molar-refractivity contribution in [2.75, 3.05) is 45.4 Å². The topological polar surface area (TPSA) is 109 Å². The predicted molar refractivity (Wildman–Crippen MR) is 122 cm³/mol. The van der Waals surface area contributed by atoms with Crippen molar-refractivity contribution in [3.63, 3.8) is 0 Å². The van der Waals surface area contributed by atoms with Crippen LogP contribution >= 0.6 is 11.6 Å². The molecular weight excluding hydrogens is 453 g/mol. The number of hydrogen-bond donors (Lipinski definition) is 3. The molecule has 0 bridgehead atoms. The third-order valence-corrected chi connectivity index (χ3v) is 5.53. The number of anilines is 1. The number of methoxy groups -OCH3 is 1. The number of benzene rings is 1. The van der Waals surface area contributed by atoms with E-state index in [0.717, 1.165) is 11.3 Å². The van der Waals surface area contributed by atoms with Gasteiger partial charge in [0.05, 0.1) is 49.7 Å². The van der Waals surface area contributed by atoms with Crippen molar-refractivity contribution >= 4 is 23.6 Å². The summed E-state index contributed by atoms with van der Waals surface area (Å²) in [4.78, 5) is 23.5. The zero-order chi connectivity index (χ0) is 23.8. The molecule has 11 heteroatoms. The van der Waals surface area contributed by atoms with Gasteiger partial charge < -0.3 is 30.1 Å². The van der Waals surface area contributed by atoms with Crippen molar-refractivity contribution in [1.82, 2.24) is 20.2 Å². The number of carbonyl (C=O) groups is 1. The molecule has 0 aliphatic carbocycles. The van der Waals surface area contributed by atoms with E-state index < -0.39 is 11.9 Å². The Kier molecular flexibility index (Phi) is 9.19. The number of aliphatic hydroxyl groups excluding tert-OH is 1. The number of nitrogens with one attached hydrogen (secondary N) is 2. The van der Waals surface area contributed by atoms with Crippen molar-refractivity contribution < 1.29 is 23.8 Å². The minimum Gasteiger partial charge on any atom is -0.394 e. The average molecular weight is 482 g/mol. The van der Waals surface area contributed by atoms with Crippen molar-refractivity contribution in [2.24, 2.45) is 0 Å². The summed E-state index contributed by atoms with van der Waals surface area (Å²) in [6, 6.07) is 3.32. The lowest BCUT2D eigenvalue weighted by molar-refractivity contribution is 0.0586. The monoisotopic (exact) mass is 481 g/mol. The van der Waals surface area contributed by atoms with Crippen LogP contribution < -0.4 is 10.6 Å². The van der Waals surface area contributed by atoms with Crippen LogP contribution in [-0.2, 0) is 22.4 Å². The first-order valence-electron chi connectivity index (χ1n) is 10.7. The molecule has 2 amide bonds. The standard InChI is InChI=1S/C22H29ClFN5O4/c1-14(12-30)26-21-25-10-16-5-6-29(11-19(16)27-21)22(31)28-20(13-33-8-7-32-2)15-3-4-18(24)17(23)9-15/h3-4,9-10,14,20,30H,5-8,11-13H2,1-2H3,(H,28,31)(H,25,26,27)/t14-,20+/m0/s1. The Bertz CT molecular complexity index is 951. The zero-order valence-electron chi connectivity index (χ0n) is 18.7. The summed E-state index contributed by atoms with van der Waals surface area (Å²) in [6.45, 7) is 3.54. The summed E-state index contributed by atoms with van der Waals surface area (Å²) in [5.41, 5.74) is 2.36. The molecule has 0 unspecified atom stereocenters. The van der Waals surface area contributed by atoms with E-state index in [4.69, 9.17) is 21.1 Å². The third-order valence-electron chi connectivity index (χ3n) is 5.24. The smallest absolute Gasteiger partial charge is 0.318 e. The van der Waals surface area contributed by atoms with Gasteiger partial charge in [-0.25, -0.2) is 19.2 Å². The minimum absolute atomic E-state index is 0.0237. The first kappa shape index (κ1) is 25.1. The lowest BCUT2D eigenvalue weighted by atomic mass is 10.1. The van der Waals surface area contributed by atoms with Gasteiger partial charge in [0.2, 0.25) is 5.95 Å². The molecule has 1 aromatic heterocycles. The third kappa shape index (κ3) is 6.97. The molecule has 9 nitrogen and oxygen atoms in total. The molecule has 3 N–H and O–H groups in total. The minimum atomic E-state index is -0.530. The van der Waals surface area contributed by atoms with Gasteiger partial charge in [0.15, 0.2) is 0 Å². The molecule has 0 fully saturated rings. The highest BCUT2D eigenvalue weighted by Crippen LogP contribution is 2.23. The van der Waals surface area contributed by atoms with Crippen LogP contribution in [0.15, 0.2) is 24.4 Å². The molecule has 0 spiro atoms. The first-order chi connectivity index (χ1) is 15.9. The fraction of sp³-hybridized carbons (Fsp3) is 0.500.